The van der Waals surface area contributed by atoms with Crippen molar-refractivity contribution in [2.45, 2.75) is 32.9 Å². The van der Waals surface area contributed by atoms with Crippen LogP contribution in [0.1, 0.15) is 25.8 Å². The van der Waals surface area contributed by atoms with Crippen LogP contribution in [0.2, 0.25) is 0 Å². The first-order valence-electron chi connectivity index (χ1n) is 6.86. The molecular weight excluding hydrogens is 224 g/mol. The largest absolute Gasteiger partial charge is 0.384 e. The third-order valence-electron chi connectivity index (χ3n) is 3.87. The Bertz CT molecular complexity index is 355. The zero-order chi connectivity index (χ0) is 13.0. The fraction of sp³-hybridized carbons (Fsp3) is 0.643. The number of anilines is 1. The average Bonchev–Trinajstić information content (AvgIpc) is 2.41. The molecule has 0 aromatic carbocycles. The fourth-order valence-electron chi connectivity index (χ4n) is 2.41. The maximum absolute atomic E-state index is 5.60. The minimum atomic E-state index is 0.598. The minimum absolute atomic E-state index is 0.598. The molecule has 1 atom stereocenters. The smallest absolute Gasteiger partial charge is 0.123 e. The molecule has 0 bridgehead atoms. The van der Waals surface area contributed by atoms with Crippen LogP contribution in [0.25, 0.3) is 0 Å². The maximum atomic E-state index is 5.60. The molecule has 0 spiro atoms. The van der Waals surface area contributed by atoms with Gasteiger partial charge in [0.15, 0.2) is 0 Å². The van der Waals surface area contributed by atoms with E-state index in [1.165, 1.54) is 25.1 Å². The molecule has 0 aliphatic carbocycles. The Balaban J connectivity index is 1.81. The zero-order valence-corrected chi connectivity index (χ0v) is 11.5. The SMILES string of the molecule is CCC(C)N1CCN(Cc2ccc(N)nc2)CC1. The van der Waals surface area contributed by atoms with Crippen molar-refractivity contribution in [3.8, 4) is 0 Å². The summed E-state index contributed by atoms with van der Waals surface area (Å²) >= 11 is 0. The highest BCUT2D eigenvalue weighted by atomic mass is 15.3. The molecule has 100 valence electrons. The molecule has 2 N–H and O–H groups in total. The van der Waals surface area contributed by atoms with Crippen molar-refractivity contribution in [2.24, 2.45) is 0 Å². The molecule has 1 aromatic heterocycles. The topological polar surface area (TPSA) is 45.4 Å². The second-order valence-electron chi connectivity index (χ2n) is 5.16. The molecule has 1 saturated heterocycles. The first-order chi connectivity index (χ1) is 8.69. The van der Waals surface area contributed by atoms with Crippen molar-refractivity contribution in [3.05, 3.63) is 23.9 Å². The summed E-state index contributed by atoms with van der Waals surface area (Å²) in [5, 5.41) is 0. The Morgan fingerprint density at radius 2 is 2.00 bits per heavy atom. The molecule has 0 amide bonds. The lowest BCUT2D eigenvalue weighted by Crippen LogP contribution is -2.48. The van der Waals surface area contributed by atoms with E-state index in [4.69, 9.17) is 5.73 Å². The first kappa shape index (κ1) is 13.3. The van der Waals surface area contributed by atoms with Gasteiger partial charge in [0, 0.05) is 45.0 Å². The average molecular weight is 248 g/mol. The van der Waals surface area contributed by atoms with Crippen LogP contribution in [0.15, 0.2) is 18.3 Å². The fourth-order valence-corrected chi connectivity index (χ4v) is 2.41. The molecule has 0 saturated carbocycles. The quantitative estimate of drug-likeness (QED) is 0.878. The van der Waals surface area contributed by atoms with Crippen molar-refractivity contribution in [2.75, 3.05) is 31.9 Å². The van der Waals surface area contributed by atoms with E-state index in [1.54, 1.807) is 0 Å². The molecule has 1 aliphatic rings. The number of nitrogens with zero attached hydrogens (tertiary/aromatic N) is 3. The van der Waals surface area contributed by atoms with Crippen LogP contribution in [0.4, 0.5) is 5.82 Å². The summed E-state index contributed by atoms with van der Waals surface area (Å²) in [6, 6.07) is 4.67. The van der Waals surface area contributed by atoms with Gasteiger partial charge < -0.3 is 5.73 Å². The Kier molecular flexibility index (Phi) is 4.55. The van der Waals surface area contributed by atoms with E-state index in [0.29, 0.717) is 11.9 Å². The third-order valence-corrected chi connectivity index (χ3v) is 3.87. The molecule has 1 aliphatic heterocycles. The Hall–Kier alpha value is -1.13. The molecule has 2 rings (SSSR count). The number of piperazine rings is 1. The molecular formula is C14H24N4. The summed E-state index contributed by atoms with van der Waals surface area (Å²) in [5.41, 5.74) is 6.85. The van der Waals surface area contributed by atoms with E-state index in [2.05, 4.69) is 34.7 Å². The maximum Gasteiger partial charge on any atom is 0.123 e. The monoisotopic (exact) mass is 248 g/mol. The number of hydrogen-bond acceptors (Lipinski definition) is 4. The van der Waals surface area contributed by atoms with Crippen LogP contribution >= 0.6 is 0 Å². The molecule has 4 heteroatoms. The van der Waals surface area contributed by atoms with Gasteiger partial charge >= 0.3 is 0 Å². The Morgan fingerprint density at radius 3 is 2.56 bits per heavy atom. The van der Waals surface area contributed by atoms with Gasteiger partial charge in [-0.15, -0.1) is 0 Å². The summed E-state index contributed by atoms with van der Waals surface area (Å²) in [6.45, 7) is 10.2. The van der Waals surface area contributed by atoms with Gasteiger partial charge in [0.1, 0.15) is 5.82 Å². The van der Waals surface area contributed by atoms with Gasteiger partial charge in [-0.25, -0.2) is 4.98 Å². The van der Waals surface area contributed by atoms with Crippen LogP contribution in [0.5, 0.6) is 0 Å². The molecule has 1 aromatic rings. The molecule has 1 fully saturated rings. The highest BCUT2D eigenvalue weighted by Gasteiger charge is 2.19. The molecule has 4 nitrogen and oxygen atoms in total. The molecule has 1 unspecified atom stereocenters. The number of pyridine rings is 1. The highest BCUT2D eigenvalue weighted by Crippen LogP contribution is 2.12. The third kappa shape index (κ3) is 3.43. The van der Waals surface area contributed by atoms with Gasteiger partial charge in [0.25, 0.3) is 0 Å². The van der Waals surface area contributed by atoms with Crippen LogP contribution in [0.3, 0.4) is 0 Å². The molecule has 0 radical (unpaired) electrons. The first-order valence-corrected chi connectivity index (χ1v) is 6.86. The van der Waals surface area contributed by atoms with Gasteiger partial charge in [-0.2, -0.15) is 0 Å². The lowest BCUT2D eigenvalue weighted by molar-refractivity contribution is 0.0963. The summed E-state index contributed by atoms with van der Waals surface area (Å²) in [5.74, 6) is 0.598. The van der Waals surface area contributed by atoms with Crippen LogP contribution in [0, 0.1) is 0 Å². The van der Waals surface area contributed by atoms with Gasteiger partial charge in [-0.1, -0.05) is 13.0 Å². The van der Waals surface area contributed by atoms with Gasteiger partial charge in [0.05, 0.1) is 0 Å². The predicted molar refractivity (Wildman–Crippen MR) is 75.3 cm³/mol. The number of nitrogen functional groups attached to an aromatic ring is 1. The van der Waals surface area contributed by atoms with E-state index < -0.39 is 0 Å². The number of aromatic nitrogens is 1. The van der Waals surface area contributed by atoms with Crippen molar-refractivity contribution in [1.29, 1.82) is 0 Å². The van der Waals surface area contributed by atoms with E-state index in [1.807, 2.05) is 12.3 Å². The Morgan fingerprint density at radius 1 is 1.28 bits per heavy atom. The van der Waals surface area contributed by atoms with E-state index >= 15 is 0 Å². The van der Waals surface area contributed by atoms with Crippen LogP contribution in [-0.4, -0.2) is 47.0 Å². The van der Waals surface area contributed by atoms with Crippen LogP contribution < -0.4 is 5.73 Å². The van der Waals surface area contributed by atoms with Gasteiger partial charge in [-0.05, 0) is 25.0 Å². The second-order valence-corrected chi connectivity index (χ2v) is 5.16. The lowest BCUT2D eigenvalue weighted by Gasteiger charge is -2.37. The number of hydrogen-bond donors (Lipinski definition) is 1. The standard InChI is InChI=1S/C14H24N4/c1-3-12(2)18-8-6-17(7-9-18)11-13-4-5-14(15)16-10-13/h4-5,10,12H,3,6-9,11H2,1-2H3,(H2,15,16). The normalized spacial score (nSPS) is 19.9. The number of rotatable bonds is 4. The lowest BCUT2D eigenvalue weighted by atomic mass is 10.2. The summed E-state index contributed by atoms with van der Waals surface area (Å²) in [6.07, 6.45) is 3.12. The molecule has 2 heterocycles. The van der Waals surface area contributed by atoms with Crippen molar-refractivity contribution in [3.63, 3.8) is 0 Å². The van der Waals surface area contributed by atoms with Crippen LogP contribution in [-0.2, 0) is 6.54 Å². The van der Waals surface area contributed by atoms with Crippen molar-refractivity contribution >= 4 is 5.82 Å². The summed E-state index contributed by atoms with van der Waals surface area (Å²) < 4.78 is 0. The van der Waals surface area contributed by atoms with Crippen molar-refractivity contribution < 1.29 is 0 Å². The summed E-state index contributed by atoms with van der Waals surface area (Å²) in [4.78, 5) is 9.21. The van der Waals surface area contributed by atoms with Crippen molar-refractivity contribution in [1.82, 2.24) is 14.8 Å². The van der Waals surface area contributed by atoms with E-state index in [0.717, 1.165) is 19.6 Å². The van der Waals surface area contributed by atoms with Gasteiger partial charge in [0.2, 0.25) is 0 Å². The predicted octanol–water partition coefficient (Wildman–Crippen LogP) is 1.58. The number of nitrogens with two attached hydrogens (primary N) is 1. The highest BCUT2D eigenvalue weighted by molar-refractivity contribution is 5.29. The minimum Gasteiger partial charge on any atom is -0.384 e. The zero-order valence-electron chi connectivity index (χ0n) is 11.5. The summed E-state index contributed by atoms with van der Waals surface area (Å²) in [7, 11) is 0. The van der Waals surface area contributed by atoms with E-state index in [-0.39, 0.29) is 0 Å². The Labute approximate surface area is 110 Å². The van der Waals surface area contributed by atoms with E-state index in [9.17, 15) is 0 Å². The second kappa shape index (κ2) is 6.16. The van der Waals surface area contributed by atoms with Gasteiger partial charge in [-0.3, -0.25) is 9.80 Å². The molecule has 18 heavy (non-hydrogen) atoms.